The van der Waals surface area contributed by atoms with Crippen molar-refractivity contribution in [3.05, 3.63) is 0 Å². The summed E-state index contributed by atoms with van der Waals surface area (Å²) < 4.78 is 0. The number of aliphatic carboxylic acids is 1. The zero-order valence-electron chi connectivity index (χ0n) is 10.7. The number of amides is 2. The number of hydrogen-bond acceptors (Lipinski definition) is 4. The van der Waals surface area contributed by atoms with Crippen LogP contribution in [0.1, 0.15) is 33.1 Å². The summed E-state index contributed by atoms with van der Waals surface area (Å²) in [6.07, 6.45) is 1.88. The Labute approximate surface area is 106 Å². The van der Waals surface area contributed by atoms with Gasteiger partial charge in [-0.25, -0.2) is 0 Å². The molecule has 0 fully saturated rings. The van der Waals surface area contributed by atoms with E-state index in [1.165, 1.54) is 13.8 Å². The Balaban J connectivity index is 4.38. The molecule has 104 valence electrons. The molecule has 0 radical (unpaired) electrons. The maximum Gasteiger partial charge on any atom is 0.325 e. The van der Waals surface area contributed by atoms with Crippen LogP contribution in [-0.2, 0) is 14.4 Å². The normalized spacial score (nSPS) is 13.5. The van der Waals surface area contributed by atoms with Crippen LogP contribution in [0.5, 0.6) is 0 Å². The number of unbranched alkanes of at least 4 members (excludes halogenated alkanes) is 1. The van der Waals surface area contributed by atoms with Crippen molar-refractivity contribution >= 4 is 17.8 Å². The number of carboxylic acid groups (broad SMARTS) is 1. The minimum Gasteiger partial charge on any atom is -0.480 e. The van der Waals surface area contributed by atoms with Gasteiger partial charge in [0.15, 0.2) is 0 Å². The van der Waals surface area contributed by atoms with Crippen LogP contribution in [0.2, 0.25) is 0 Å². The summed E-state index contributed by atoms with van der Waals surface area (Å²) in [6, 6.07) is -1.70. The number of hydrogen-bond donors (Lipinski definition) is 4. The van der Waals surface area contributed by atoms with Gasteiger partial charge in [-0.2, -0.15) is 0 Å². The fraction of sp³-hybridized carbons (Fsp3) is 0.727. The van der Waals surface area contributed by atoms with Gasteiger partial charge in [0.2, 0.25) is 11.8 Å². The monoisotopic (exact) mass is 259 g/mol. The number of carbonyl (C=O) groups is 3. The molecule has 0 heterocycles. The Morgan fingerprint density at radius 3 is 2.28 bits per heavy atom. The number of carbonyl (C=O) groups excluding carboxylic acids is 2. The molecule has 7 heteroatoms. The lowest BCUT2D eigenvalue weighted by Gasteiger charge is -2.19. The van der Waals surface area contributed by atoms with Crippen LogP contribution in [0.4, 0.5) is 0 Å². The van der Waals surface area contributed by atoms with Crippen LogP contribution >= 0.6 is 0 Å². The molecular weight excluding hydrogens is 238 g/mol. The van der Waals surface area contributed by atoms with Crippen molar-refractivity contribution in [2.45, 2.75) is 45.2 Å². The Morgan fingerprint density at radius 1 is 1.22 bits per heavy atom. The molecule has 0 saturated heterocycles. The molecule has 0 rings (SSSR count). The topological polar surface area (TPSA) is 122 Å². The lowest BCUT2D eigenvalue weighted by Crippen LogP contribution is -2.50. The molecule has 2 amide bonds. The fourth-order valence-corrected chi connectivity index (χ4v) is 1.38. The third-order valence-electron chi connectivity index (χ3n) is 2.37. The molecule has 0 aliphatic rings. The summed E-state index contributed by atoms with van der Waals surface area (Å²) in [5, 5.41) is 13.5. The van der Waals surface area contributed by atoms with Crippen molar-refractivity contribution in [2.24, 2.45) is 5.73 Å². The van der Waals surface area contributed by atoms with E-state index in [2.05, 4.69) is 10.6 Å². The highest BCUT2D eigenvalue weighted by Crippen LogP contribution is 2.01. The molecular formula is C11H21N3O4. The minimum absolute atomic E-state index is 0.328. The van der Waals surface area contributed by atoms with Crippen molar-refractivity contribution in [3.63, 3.8) is 0 Å². The van der Waals surface area contributed by atoms with Gasteiger partial charge in [0.05, 0.1) is 0 Å². The molecule has 18 heavy (non-hydrogen) atoms. The van der Waals surface area contributed by atoms with Crippen LogP contribution in [-0.4, -0.2) is 41.5 Å². The molecule has 1 unspecified atom stereocenters. The third-order valence-corrected chi connectivity index (χ3v) is 2.37. The van der Waals surface area contributed by atoms with Crippen LogP contribution in [0.25, 0.3) is 0 Å². The molecule has 0 saturated carbocycles. The molecule has 0 aromatic heterocycles. The highest BCUT2D eigenvalue weighted by atomic mass is 16.4. The fourth-order valence-electron chi connectivity index (χ4n) is 1.38. The Bertz CT molecular complexity index is 307. The van der Waals surface area contributed by atoms with Gasteiger partial charge >= 0.3 is 5.97 Å². The van der Waals surface area contributed by atoms with E-state index in [1.807, 2.05) is 0 Å². The van der Waals surface area contributed by atoms with Gasteiger partial charge in [0, 0.05) is 6.92 Å². The van der Waals surface area contributed by atoms with Gasteiger partial charge in [-0.05, 0) is 32.7 Å². The van der Waals surface area contributed by atoms with E-state index < -0.39 is 24.0 Å². The molecule has 7 nitrogen and oxygen atoms in total. The van der Waals surface area contributed by atoms with Crippen molar-refractivity contribution in [2.75, 3.05) is 6.54 Å². The first-order chi connectivity index (χ1) is 8.38. The van der Waals surface area contributed by atoms with Crippen molar-refractivity contribution in [3.8, 4) is 0 Å². The maximum atomic E-state index is 11.8. The second-order valence-corrected chi connectivity index (χ2v) is 4.11. The second kappa shape index (κ2) is 8.46. The summed E-state index contributed by atoms with van der Waals surface area (Å²) in [4.78, 5) is 33.4. The first-order valence-corrected chi connectivity index (χ1v) is 5.88. The predicted octanol–water partition coefficient (Wildman–Crippen LogP) is -0.791. The molecule has 2 atom stereocenters. The molecule has 0 spiro atoms. The van der Waals surface area contributed by atoms with Crippen molar-refractivity contribution in [1.29, 1.82) is 0 Å². The summed E-state index contributed by atoms with van der Waals surface area (Å²) in [5.41, 5.74) is 5.35. The molecule has 0 bridgehead atoms. The summed E-state index contributed by atoms with van der Waals surface area (Å²) in [6.45, 7) is 3.19. The lowest BCUT2D eigenvalue weighted by molar-refractivity contribution is -0.141. The quantitative estimate of drug-likeness (QED) is 0.425. The van der Waals surface area contributed by atoms with E-state index >= 15 is 0 Å². The van der Waals surface area contributed by atoms with Gasteiger partial charge < -0.3 is 21.5 Å². The van der Waals surface area contributed by atoms with Crippen molar-refractivity contribution < 1.29 is 19.5 Å². The summed E-state index contributed by atoms with van der Waals surface area (Å²) >= 11 is 0. The third kappa shape index (κ3) is 6.85. The molecule has 0 aliphatic heterocycles. The van der Waals surface area contributed by atoms with Gasteiger partial charge in [-0.15, -0.1) is 0 Å². The number of nitrogens with one attached hydrogen (secondary N) is 2. The van der Waals surface area contributed by atoms with E-state index in [9.17, 15) is 14.4 Å². The molecule has 5 N–H and O–H groups in total. The SMILES string of the molecule is CC(=O)NC(CCCCN)C(=O)N[C@@H](C)C(=O)O. The smallest absolute Gasteiger partial charge is 0.325 e. The van der Waals surface area contributed by atoms with E-state index in [-0.39, 0.29) is 5.91 Å². The van der Waals surface area contributed by atoms with Gasteiger partial charge in [0.1, 0.15) is 12.1 Å². The van der Waals surface area contributed by atoms with Crippen LogP contribution in [0, 0.1) is 0 Å². The van der Waals surface area contributed by atoms with Gasteiger partial charge in [-0.3, -0.25) is 14.4 Å². The predicted molar refractivity (Wildman–Crippen MR) is 65.8 cm³/mol. The van der Waals surface area contributed by atoms with Crippen LogP contribution < -0.4 is 16.4 Å². The highest BCUT2D eigenvalue weighted by molar-refractivity contribution is 5.89. The van der Waals surface area contributed by atoms with Crippen LogP contribution in [0.15, 0.2) is 0 Å². The first-order valence-electron chi connectivity index (χ1n) is 5.88. The minimum atomic E-state index is -1.12. The average Bonchev–Trinajstić information content (AvgIpc) is 2.27. The molecule has 0 aromatic rings. The van der Waals surface area contributed by atoms with E-state index in [4.69, 9.17) is 10.8 Å². The molecule has 0 aliphatic carbocycles. The lowest BCUT2D eigenvalue weighted by atomic mass is 10.1. The zero-order valence-corrected chi connectivity index (χ0v) is 10.7. The van der Waals surface area contributed by atoms with Gasteiger partial charge in [0.25, 0.3) is 0 Å². The second-order valence-electron chi connectivity index (χ2n) is 4.11. The standard InChI is InChI=1S/C11H21N3O4/c1-7(11(17)18)13-10(16)9(14-8(2)15)5-3-4-6-12/h7,9H,3-6,12H2,1-2H3,(H,13,16)(H,14,15)(H,17,18)/t7-,9?/m0/s1. The largest absolute Gasteiger partial charge is 0.480 e. The highest BCUT2D eigenvalue weighted by Gasteiger charge is 2.22. The van der Waals surface area contributed by atoms with Crippen LogP contribution in [0.3, 0.4) is 0 Å². The molecule has 0 aromatic carbocycles. The average molecular weight is 259 g/mol. The first kappa shape index (κ1) is 16.4. The summed E-state index contributed by atoms with van der Waals surface area (Å²) in [7, 11) is 0. The number of rotatable bonds is 8. The summed E-state index contributed by atoms with van der Waals surface area (Å²) in [5.74, 6) is -1.94. The Morgan fingerprint density at radius 2 is 1.83 bits per heavy atom. The maximum absolute atomic E-state index is 11.8. The Hall–Kier alpha value is -1.63. The van der Waals surface area contributed by atoms with E-state index in [0.717, 1.165) is 6.42 Å². The number of carboxylic acids is 1. The van der Waals surface area contributed by atoms with E-state index in [0.29, 0.717) is 19.4 Å². The Kier molecular flexibility index (Phi) is 7.69. The van der Waals surface area contributed by atoms with Crippen molar-refractivity contribution in [1.82, 2.24) is 10.6 Å². The zero-order chi connectivity index (χ0) is 14.1. The van der Waals surface area contributed by atoms with Gasteiger partial charge in [-0.1, -0.05) is 0 Å². The van der Waals surface area contributed by atoms with E-state index in [1.54, 1.807) is 0 Å². The number of nitrogens with two attached hydrogens (primary N) is 1.